The van der Waals surface area contributed by atoms with Gasteiger partial charge in [-0.2, -0.15) is 5.90 Å². The molecule has 3 nitrogen and oxygen atoms in total. The van der Waals surface area contributed by atoms with Crippen molar-refractivity contribution >= 4 is 35.5 Å². The molecule has 0 atom stereocenters. The van der Waals surface area contributed by atoms with Crippen molar-refractivity contribution in [3.05, 3.63) is 12.2 Å². The van der Waals surface area contributed by atoms with Crippen molar-refractivity contribution < 1.29 is 9.63 Å². The molecular weight excluding hydrogens is 117 g/mol. The quantitative estimate of drug-likeness (QED) is 0.287. The second-order valence-corrected chi connectivity index (χ2v) is 1.19. The first kappa shape index (κ1) is 11.0. The van der Waals surface area contributed by atoms with Gasteiger partial charge in [-0.05, 0) is 6.92 Å². The van der Waals surface area contributed by atoms with Crippen molar-refractivity contribution in [2.75, 3.05) is 0 Å². The average Bonchev–Trinajstić information content (AvgIpc) is 1.65. The monoisotopic (exact) mass is 125 g/mol. The van der Waals surface area contributed by atoms with Gasteiger partial charge >= 0.3 is 35.5 Å². The molecule has 0 aromatic heterocycles. The zero-order valence-corrected chi connectivity index (χ0v) is 4.10. The topological polar surface area (TPSA) is 52.3 Å². The van der Waals surface area contributed by atoms with Crippen LogP contribution in [0.15, 0.2) is 12.2 Å². The first-order valence-electron chi connectivity index (χ1n) is 1.75. The molecule has 0 unspecified atom stereocenters. The van der Waals surface area contributed by atoms with Crippen molar-refractivity contribution in [3.63, 3.8) is 0 Å². The Hall–Kier alpha value is 0.170. The Morgan fingerprint density at radius 2 is 2.12 bits per heavy atom. The van der Waals surface area contributed by atoms with Crippen LogP contribution in [0.5, 0.6) is 0 Å². The molecule has 0 saturated heterocycles. The van der Waals surface area contributed by atoms with Gasteiger partial charge < -0.3 is 4.84 Å². The van der Waals surface area contributed by atoms with E-state index < -0.39 is 5.97 Å². The van der Waals surface area contributed by atoms with E-state index in [9.17, 15) is 4.79 Å². The van der Waals surface area contributed by atoms with Crippen LogP contribution in [0, 0.1) is 0 Å². The Balaban J connectivity index is 0. The second kappa shape index (κ2) is 5.31. The predicted molar refractivity (Wildman–Crippen MR) is 32.2 cm³/mol. The Morgan fingerprint density at radius 1 is 1.75 bits per heavy atom. The van der Waals surface area contributed by atoms with Gasteiger partial charge in [0, 0.05) is 5.57 Å². The number of hydrogen-bond donors (Lipinski definition) is 1. The molecule has 0 aromatic rings. The van der Waals surface area contributed by atoms with E-state index in [1.54, 1.807) is 0 Å². The summed E-state index contributed by atoms with van der Waals surface area (Å²) in [5.74, 6) is 3.89. The van der Waals surface area contributed by atoms with Gasteiger partial charge in [0.05, 0.1) is 0 Å². The SMILES string of the molecule is C=C(C)C(=O)ON.[NaH]. The van der Waals surface area contributed by atoms with Crippen LogP contribution < -0.4 is 5.90 Å². The van der Waals surface area contributed by atoms with Crippen LogP contribution in [0.3, 0.4) is 0 Å². The molecule has 8 heavy (non-hydrogen) atoms. The van der Waals surface area contributed by atoms with Crippen molar-refractivity contribution in [2.24, 2.45) is 5.90 Å². The Morgan fingerprint density at radius 3 is 2.12 bits per heavy atom. The summed E-state index contributed by atoms with van der Waals surface area (Å²) in [6.45, 7) is 4.79. The third kappa shape index (κ3) is 4.33. The van der Waals surface area contributed by atoms with E-state index in [2.05, 4.69) is 17.3 Å². The fourth-order valence-electron chi connectivity index (χ4n) is 0.101. The van der Waals surface area contributed by atoms with E-state index >= 15 is 0 Å². The van der Waals surface area contributed by atoms with E-state index in [1.807, 2.05) is 0 Å². The third-order valence-electron chi connectivity index (χ3n) is 0.455. The standard InChI is InChI=1S/C4H7NO2.Na.H/c1-3(2)4(6)7-5;;/h1,5H2,2H3;;. The average molecular weight is 125 g/mol. The summed E-state index contributed by atoms with van der Waals surface area (Å²) in [5.41, 5.74) is 0.308. The summed E-state index contributed by atoms with van der Waals surface area (Å²) < 4.78 is 0. The fourth-order valence-corrected chi connectivity index (χ4v) is 0.101. The number of hydrogen-bond acceptors (Lipinski definition) is 3. The van der Waals surface area contributed by atoms with Gasteiger partial charge in [0.2, 0.25) is 0 Å². The molecule has 0 spiro atoms. The first-order valence-corrected chi connectivity index (χ1v) is 1.75. The summed E-state index contributed by atoms with van der Waals surface area (Å²) in [6, 6.07) is 0. The third-order valence-corrected chi connectivity index (χ3v) is 0.455. The first-order chi connectivity index (χ1) is 3.18. The maximum atomic E-state index is 10.1. The molecular formula is C4H8NNaO2. The number of rotatable bonds is 1. The minimum absolute atomic E-state index is 0. The molecule has 0 rings (SSSR count). The van der Waals surface area contributed by atoms with E-state index in [1.165, 1.54) is 6.92 Å². The molecule has 0 aliphatic rings. The summed E-state index contributed by atoms with van der Waals surface area (Å²) in [4.78, 5) is 13.8. The van der Waals surface area contributed by atoms with Gasteiger partial charge in [-0.1, -0.05) is 6.58 Å². The minimum atomic E-state index is -0.569. The molecule has 0 bridgehead atoms. The van der Waals surface area contributed by atoms with Gasteiger partial charge in [0.15, 0.2) is 0 Å². The Kier molecular flexibility index (Phi) is 7.32. The van der Waals surface area contributed by atoms with Gasteiger partial charge in [0.25, 0.3) is 0 Å². The molecule has 0 amide bonds. The van der Waals surface area contributed by atoms with Gasteiger partial charge in [0.1, 0.15) is 0 Å². The van der Waals surface area contributed by atoms with E-state index in [-0.39, 0.29) is 29.6 Å². The molecule has 0 fully saturated rings. The second-order valence-electron chi connectivity index (χ2n) is 1.19. The number of nitrogens with two attached hydrogens (primary N) is 1. The van der Waals surface area contributed by atoms with Crippen molar-refractivity contribution in [1.29, 1.82) is 0 Å². The van der Waals surface area contributed by atoms with Crippen molar-refractivity contribution in [2.45, 2.75) is 6.92 Å². The molecule has 0 heterocycles. The molecule has 0 aromatic carbocycles. The van der Waals surface area contributed by atoms with Crippen LogP contribution in [0.4, 0.5) is 0 Å². The fraction of sp³-hybridized carbons (Fsp3) is 0.250. The molecule has 2 N–H and O–H groups in total. The van der Waals surface area contributed by atoms with Gasteiger partial charge in [-0.25, -0.2) is 4.79 Å². The number of carbonyl (C=O) groups is 1. The molecule has 42 valence electrons. The zero-order chi connectivity index (χ0) is 5.86. The van der Waals surface area contributed by atoms with Crippen LogP contribution in [0.1, 0.15) is 6.92 Å². The zero-order valence-electron chi connectivity index (χ0n) is 4.10. The molecule has 0 aliphatic heterocycles. The maximum absolute atomic E-state index is 10.1. The Labute approximate surface area is 70.1 Å². The van der Waals surface area contributed by atoms with E-state index in [4.69, 9.17) is 0 Å². The predicted octanol–water partition coefficient (Wildman–Crippen LogP) is -0.669. The number of carbonyl (C=O) groups excluding carboxylic acids is 1. The Bertz CT molecular complexity index is 102. The van der Waals surface area contributed by atoms with Gasteiger partial charge in [-0.3, -0.25) is 0 Å². The normalized spacial score (nSPS) is 6.75. The molecule has 0 radical (unpaired) electrons. The van der Waals surface area contributed by atoms with Gasteiger partial charge in [-0.15, -0.1) is 0 Å². The summed E-state index contributed by atoms with van der Waals surface area (Å²) in [6.07, 6.45) is 0. The van der Waals surface area contributed by atoms with Crippen LogP contribution in [0.25, 0.3) is 0 Å². The molecule has 4 heteroatoms. The molecule has 0 saturated carbocycles. The van der Waals surface area contributed by atoms with Crippen LogP contribution in [-0.2, 0) is 9.63 Å². The van der Waals surface area contributed by atoms with E-state index in [0.717, 1.165) is 0 Å². The molecule has 0 aliphatic carbocycles. The summed E-state index contributed by atoms with van der Waals surface area (Å²) in [7, 11) is 0. The van der Waals surface area contributed by atoms with Crippen LogP contribution in [0.2, 0.25) is 0 Å². The van der Waals surface area contributed by atoms with E-state index in [0.29, 0.717) is 5.57 Å². The van der Waals surface area contributed by atoms with Crippen molar-refractivity contribution in [3.8, 4) is 0 Å². The van der Waals surface area contributed by atoms with Crippen molar-refractivity contribution in [1.82, 2.24) is 0 Å². The summed E-state index contributed by atoms with van der Waals surface area (Å²) >= 11 is 0. The van der Waals surface area contributed by atoms with Crippen LogP contribution in [-0.4, -0.2) is 35.5 Å². The summed E-state index contributed by atoms with van der Waals surface area (Å²) in [5, 5.41) is 0. The van der Waals surface area contributed by atoms with Crippen LogP contribution >= 0.6 is 0 Å².